The molecule has 0 N–H and O–H groups in total. The van der Waals surface area contributed by atoms with Gasteiger partial charge in [-0.25, -0.2) is 8.78 Å². The van der Waals surface area contributed by atoms with Crippen LogP contribution in [0.2, 0.25) is 0 Å². The van der Waals surface area contributed by atoms with Gasteiger partial charge >= 0.3 is 23.7 Å². The van der Waals surface area contributed by atoms with Gasteiger partial charge in [-0.15, -0.1) is 0 Å². The third kappa shape index (κ3) is 5.82. The van der Waals surface area contributed by atoms with E-state index in [0.29, 0.717) is 0 Å². The van der Waals surface area contributed by atoms with Gasteiger partial charge < -0.3 is 0 Å². The first-order valence-corrected chi connectivity index (χ1v) is 7.30. The summed E-state index contributed by atoms with van der Waals surface area (Å²) < 4.78 is 170. The molecule has 0 amide bonds. The Morgan fingerprint density at radius 3 is 0.909 bits per heavy atom. The molecule has 0 aliphatic heterocycles. The number of hydrogen-bond donors (Lipinski definition) is 0. The predicted molar refractivity (Wildman–Crippen MR) is 47.9 cm³/mol. The van der Waals surface area contributed by atoms with E-state index in [4.69, 9.17) is 0 Å². The van der Waals surface area contributed by atoms with E-state index in [1.54, 1.807) is 0 Å². The number of hydrogen-bond acceptors (Lipinski definition) is 0. The lowest BCUT2D eigenvalue weighted by molar-refractivity contribution is -0.101. The van der Waals surface area contributed by atoms with Gasteiger partial charge in [0.05, 0.1) is 6.16 Å². The highest BCUT2D eigenvalue weighted by Gasteiger charge is 2.72. The van der Waals surface area contributed by atoms with E-state index in [0.717, 1.165) is 0 Å². The molecule has 0 bridgehead atoms. The molecule has 0 unspecified atom stereocenters. The second kappa shape index (κ2) is 6.07. The smallest absolute Gasteiger partial charge is 0.201 e. The number of halogens is 14. The lowest BCUT2D eigenvalue weighted by Gasteiger charge is -2.33. The molecule has 0 rings (SSSR count). The molecule has 0 radical (unpaired) electrons. The van der Waals surface area contributed by atoms with Crippen molar-refractivity contribution in [2.75, 3.05) is 6.16 Å². The highest BCUT2D eigenvalue weighted by Crippen LogP contribution is 2.77. The molecule has 0 fully saturated rings. The van der Waals surface area contributed by atoms with Gasteiger partial charge in [0.25, 0.3) is 5.66 Å². The Morgan fingerprint density at radius 1 is 0.455 bits per heavy atom. The fourth-order valence-corrected chi connectivity index (χ4v) is 4.14. The Balaban J connectivity index is 5.79. The van der Waals surface area contributed by atoms with Crippen LogP contribution in [-0.4, -0.2) is 35.5 Å². The minimum Gasteiger partial charge on any atom is -0.201 e. The van der Waals surface area contributed by atoms with Crippen molar-refractivity contribution in [3.8, 4) is 0 Å². The summed E-state index contributed by atoms with van der Waals surface area (Å²) >= 11 is 0. The average molecular weight is 402 g/mol. The molecular formula is C6H2F14P2. The van der Waals surface area contributed by atoms with Crippen LogP contribution >= 0.6 is 15.8 Å². The molecule has 0 spiro atoms. The lowest BCUT2D eigenvalue weighted by atomic mass is 10.8. The van der Waals surface area contributed by atoms with Gasteiger partial charge in [0.1, 0.15) is 7.92 Å². The van der Waals surface area contributed by atoms with Crippen LogP contribution in [0.1, 0.15) is 0 Å². The minimum absolute atomic E-state index is 3.64. The Morgan fingerprint density at radius 2 is 0.727 bits per heavy atom. The number of alkyl halides is 14. The van der Waals surface area contributed by atoms with Gasteiger partial charge in [0, 0.05) is 0 Å². The average Bonchev–Trinajstić information content (AvgIpc) is 2.03. The summed E-state index contributed by atoms with van der Waals surface area (Å²) in [5, 5.41) is 0. The molecule has 134 valence electrons. The van der Waals surface area contributed by atoms with Crippen LogP contribution in [0.3, 0.4) is 0 Å². The summed E-state index contributed by atoms with van der Waals surface area (Å²) in [6, 6.07) is 0. The Labute approximate surface area is 114 Å². The first kappa shape index (κ1) is 21.9. The van der Waals surface area contributed by atoms with Crippen LogP contribution in [0.5, 0.6) is 0 Å². The van der Waals surface area contributed by atoms with Crippen molar-refractivity contribution in [1.29, 1.82) is 0 Å². The van der Waals surface area contributed by atoms with Gasteiger partial charge in [-0.05, 0) is 0 Å². The fourth-order valence-electron chi connectivity index (χ4n) is 1.10. The van der Waals surface area contributed by atoms with Gasteiger partial charge in [0.2, 0.25) is 0 Å². The molecule has 16 heteroatoms. The van der Waals surface area contributed by atoms with Crippen LogP contribution < -0.4 is 0 Å². The van der Waals surface area contributed by atoms with Crippen molar-refractivity contribution < 1.29 is 61.5 Å². The predicted octanol–water partition coefficient (Wildman–Crippen LogP) is 6.62. The quantitative estimate of drug-likeness (QED) is 0.368. The van der Waals surface area contributed by atoms with Crippen LogP contribution in [0.25, 0.3) is 0 Å². The zero-order valence-corrected chi connectivity index (χ0v) is 11.2. The Bertz CT molecular complexity index is 343. The fraction of sp³-hybridized carbons (Fsp3) is 1.00. The van der Waals surface area contributed by atoms with E-state index in [1.807, 2.05) is 0 Å². The molecule has 0 saturated heterocycles. The van der Waals surface area contributed by atoms with Crippen molar-refractivity contribution in [1.82, 2.24) is 0 Å². The van der Waals surface area contributed by atoms with E-state index >= 15 is 0 Å². The normalized spacial score (nSPS) is 15.8. The van der Waals surface area contributed by atoms with E-state index in [-0.39, 0.29) is 0 Å². The monoisotopic (exact) mass is 402 g/mol. The van der Waals surface area contributed by atoms with Crippen LogP contribution in [-0.2, 0) is 0 Å². The first-order chi connectivity index (χ1) is 9.21. The zero-order chi connectivity index (χ0) is 18.4. The summed E-state index contributed by atoms with van der Waals surface area (Å²) in [6.07, 6.45) is -3.64. The van der Waals surface area contributed by atoms with Crippen LogP contribution in [0.4, 0.5) is 61.5 Å². The van der Waals surface area contributed by atoms with Crippen LogP contribution in [0, 0.1) is 0 Å². The highest BCUT2D eigenvalue weighted by atomic mass is 31.1. The zero-order valence-electron chi connectivity index (χ0n) is 9.39. The second-order valence-corrected chi connectivity index (χ2v) is 7.98. The third-order valence-electron chi connectivity index (χ3n) is 1.79. The van der Waals surface area contributed by atoms with E-state index in [9.17, 15) is 61.5 Å². The van der Waals surface area contributed by atoms with E-state index in [1.165, 1.54) is 0 Å². The summed E-state index contributed by atoms with van der Waals surface area (Å²) in [4.78, 5) is 0. The molecule has 0 nitrogen and oxygen atoms in total. The number of rotatable bonds is 3. The van der Waals surface area contributed by atoms with Crippen molar-refractivity contribution in [3.05, 3.63) is 0 Å². The molecule has 22 heavy (non-hydrogen) atoms. The molecule has 0 saturated carbocycles. The maximum absolute atomic E-state index is 13.0. The molecule has 0 atom stereocenters. The Hall–Kier alpha value is -0.120. The summed E-state index contributed by atoms with van der Waals surface area (Å²) in [7, 11) is -12.2. The SMILES string of the molecule is FC(F)(F)P(CC(F)(F)P(C(F)(F)F)C(F)(F)F)C(F)(F)F. The van der Waals surface area contributed by atoms with E-state index < -0.39 is 51.3 Å². The van der Waals surface area contributed by atoms with Gasteiger partial charge in [-0.3, -0.25) is 0 Å². The molecule has 0 aliphatic carbocycles. The first-order valence-electron chi connectivity index (χ1n) is 4.43. The van der Waals surface area contributed by atoms with Gasteiger partial charge in [-0.2, -0.15) is 52.7 Å². The topological polar surface area (TPSA) is 0 Å². The standard InChI is InChI=1S/C6H2F14P2/c7-2(8,22(5(15,16)17)6(18,19)20)1-21(3(9,10)11)4(12,13)14/h1H2. The molecule has 0 aromatic rings. The second-order valence-electron chi connectivity index (χ2n) is 3.46. The van der Waals surface area contributed by atoms with Crippen molar-refractivity contribution in [2.24, 2.45) is 0 Å². The molecular weight excluding hydrogens is 400 g/mol. The third-order valence-corrected chi connectivity index (χ3v) is 5.81. The maximum atomic E-state index is 13.0. The lowest BCUT2D eigenvalue weighted by Crippen LogP contribution is -2.36. The molecule has 0 aliphatic rings. The van der Waals surface area contributed by atoms with Crippen molar-refractivity contribution in [3.63, 3.8) is 0 Å². The van der Waals surface area contributed by atoms with Gasteiger partial charge in [0.15, 0.2) is 7.92 Å². The summed E-state index contributed by atoms with van der Waals surface area (Å²) in [5.74, 6) is -26.3. The molecule has 0 aromatic heterocycles. The van der Waals surface area contributed by atoms with Crippen molar-refractivity contribution >= 4 is 15.8 Å². The molecule has 0 heterocycles. The van der Waals surface area contributed by atoms with Crippen LogP contribution in [0.15, 0.2) is 0 Å². The van der Waals surface area contributed by atoms with E-state index in [2.05, 4.69) is 0 Å². The highest BCUT2D eigenvalue weighted by molar-refractivity contribution is 7.64. The molecule has 0 aromatic carbocycles. The summed E-state index contributed by atoms with van der Waals surface area (Å²) in [5.41, 5.74) is -6.28. The minimum atomic E-state index is -6.71. The Kier molecular flexibility index (Phi) is 6.03. The largest absolute Gasteiger partial charge is 0.419 e. The van der Waals surface area contributed by atoms with Crippen molar-refractivity contribution in [2.45, 2.75) is 29.3 Å². The summed E-state index contributed by atoms with van der Waals surface area (Å²) in [6.45, 7) is 0. The van der Waals surface area contributed by atoms with Gasteiger partial charge in [-0.1, -0.05) is 0 Å². The maximum Gasteiger partial charge on any atom is 0.419 e.